The van der Waals surface area contributed by atoms with E-state index in [0.29, 0.717) is 13.3 Å². The monoisotopic (exact) mass is 480 g/mol. The van der Waals surface area contributed by atoms with Crippen molar-refractivity contribution in [3.05, 3.63) is 35.0 Å². The Morgan fingerprint density at radius 1 is 1.24 bits per heavy atom. The third-order valence-corrected chi connectivity index (χ3v) is 8.96. The van der Waals surface area contributed by atoms with Crippen molar-refractivity contribution < 1.29 is 14.6 Å². The van der Waals surface area contributed by atoms with Gasteiger partial charge in [0.1, 0.15) is 12.4 Å². The van der Waals surface area contributed by atoms with Crippen LogP contribution >= 0.6 is 0 Å². The number of aromatic nitrogens is 3. The number of rotatable bonds is 7. The molecule has 2 aliphatic rings. The zero-order valence-electron chi connectivity index (χ0n) is 21.0. The first-order valence-electron chi connectivity index (χ1n) is 12.4. The first kappa shape index (κ1) is 23.3. The number of carbonyl (C=O) groups excluding carboxylic acids is 1. The molecule has 8 heteroatoms. The minimum Gasteiger partial charge on any atom is -0.395 e. The van der Waals surface area contributed by atoms with Gasteiger partial charge in [0.2, 0.25) is 5.91 Å². The number of fused-ring (bicyclic) bond motifs is 6. The maximum absolute atomic E-state index is 13.0. The maximum atomic E-state index is 13.0. The van der Waals surface area contributed by atoms with Gasteiger partial charge in [-0.15, -0.1) is 0 Å². The lowest BCUT2D eigenvalue weighted by Gasteiger charge is -2.19. The molecule has 0 radical (unpaired) electrons. The molecule has 0 unspecified atom stereocenters. The number of aliphatic hydroxyl groups is 1. The highest BCUT2D eigenvalue weighted by atomic mass is 28.3. The third kappa shape index (κ3) is 3.91. The van der Waals surface area contributed by atoms with Crippen LogP contribution in [0, 0.1) is 0 Å². The van der Waals surface area contributed by atoms with E-state index in [9.17, 15) is 9.90 Å². The van der Waals surface area contributed by atoms with Crippen LogP contribution in [0.3, 0.4) is 0 Å². The second-order valence-electron chi connectivity index (χ2n) is 11.4. The minimum absolute atomic E-state index is 0.0467. The molecule has 2 N–H and O–H groups in total. The SMILES string of the molecule is CC1(C)C(=O)N(CCO)c2cc3c4c([nH]c3cc21)-c1nn(COCC[Si](C)(C)C)cc1CCC4. The summed E-state index contributed by atoms with van der Waals surface area (Å²) in [5, 5.41) is 15.6. The highest BCUT2D eigenvalue weighted by Crippen LogP contribution is 2.45. The van der Waals surface area contributed by atoms with Gasteiger partial charge < -0.3 is 19.7 Å². The van der Waals surface area contributed by atoms with Crippen LogP contribution in [0.5, 0.6) is 0 Å². The standard InChI is InChI=1S/C26H36N4O3Si/c1-26(2)20-14-21-19(13-22(20)30(9-10-31)25(26)32)18-8-6-7-17-15-29(28-23(17)24(18)27-21)16-33-11-12-34(3,4)5/h13-15,27,31H,6-12,16H2,1-5H3. The van der Waals surface area contributed by atoms with Gasteiger partial charge in [-0.05, 0) is 68.0 Å². The molecule has 3 aromatic rings. The number of nitrogens with one attached hydrogen (secondary N) is 1. The molecule has 1 aliphatic carbocycles. The molecule has 2 aromatic heterocycles. The van der Waals surface area contributed by atoms with Gasteiger partial charge in [-0.1, -0.05) is 19.6 Å². The number of aromatic amines is 1. The molecule has 0 saturated heterocycles. The molecule has 7 nitrogen and oxygen atoms in total. The van der Waals surface area contributed by atoms with Crippen molar-refractivity contribution in [3.8, 4) is 11.4 Å². The number of aliphatic hydroxyl groups excluding tert-OH is 1. The Labute approximate surface area is 202 Å². The number of ether oxygens (including phenoxy) is 1. The van der Waals surface area contributed by atoms with Crippen molar-refractivity contribution in [1.82, 2.24) is 14.8 Å². The molecule has 3 heterocycles. The maximum Gasteiger partial charge on any atom is 0.237 e. The van der Waals surface area contributed by atoms with Gasteiger partial charge >= 0.3 is 0 Å². The van der Waals surface area contributed by atoms with Gasteiger partial charge in [-0.2, -0.15) is 5.10 Å². The van der Waals surface area contributed by atoms with Gasteiger partial charge in [0.05, 0.1) is 17.7 Å². The molecule has 5 rings (SSSR count). The van der Waals surface area contributed by atoms with E-state index in [-0.39, 0.29) is 12.5 Å². The number of benzene rings is 1. The Balaban J connectivity index is 1.51. The zero-order chi connectivity index (χ0) is 24.3. The van der Waals surface area contributed by atoms with Crippen LogP contribution in [0.25, 0.3) is 22.3 Å². The smallest absolute Gasteiger partial charge is 0.237 e. The van der Waals surface area contributed by atoms with Crippen molar-refractivity contribution in [2.45, 2.75) is 70.9 Å². The third-order valence-electron chi connectivity index (χ3n) is 7.26. The first-order chi connectivity index (χ1) is 16.1. The van der Waals surface area contributed by atoms with Gasteiger partial charge in [0.15, 0.2) is 0 Å². The van der Waals surface area contributed by atoms with E-state index in [4.69, 9.17) is 9.84 Å². The molecule has 0 saturated carbocycles. The first-order valence-corrected chi connectivity index (χ1v) is 16.1. The van der Waals surface area contributed by atoms with E-state index in [1.807, 2.05) is 18.5 Å². The summed E-state index contributed by atoms with van der Waals surface area (Å²) < 4.78 is 7.87. The predicted molar refractivity (Wildman–Crippen MR) is 138 cm³/mol. The van der Waals surface area contributed by atoms with Crippen molar-refractivity contribution in [2.75, 3.05) is 24.7 Å². The van der Waals surface area contributed by atoms with E-state index in [0.717, 1.165) is 65.5 Å². The van der Waals surface area contributed by atoms with Crippen LogP contribution < -0.4 is 4.90 Å². The molecule has 1 aliphatic heterocycles. The molecular formula is C26H36N4O3Si. The summed E-state index contributed by atoms with van der Waals surface area (Å²) >= 11 is 0. The van der Waals surface area contributed by atoms with E-state index < -0.39 is 13.5 Å². The number of anilines is 1. The highest BCUT2D eigenvalue weighted by Gasteiger charge is 2.44. The minimum atomic E-state index is -1.11. The zero-order valence-corrected chi connectivity index (χ0v) is 22.0. The summed E-state index contributed by atoms with van der Waals surface area (Å²) in [7, 11) is -1.11. The van der Waals surface area contributed by atoms with Crippen molar-refractivity contribution >= 4 is 30.6 Å². The van der Waals surface area contributed by atoms with Gasteiger partial charge in [0.25, 0.3) is 0 Å². The normalized spacial score (nSPS) is 17.1. The molecule has 0 spiro atoms. The number of hydrogen-bond acceptors (Lipinski definition) is 4. The number of β-amino-alcohol motifs (C(OH)–C–C–N with tert-alkyl or cyclic N) is 1. The van der Waals surface area contributed by atoms with Gasteiger partial charge in [-0.25, -0.2) is 4.68 Å². The van der Waals surface area contributed by atoms with Crippen molar-refractivity contribution in [3.63, 3.8) is 0 Å². The quantitative estimate of drug-likeness (QED) is 0.387. The summed E-state index contributed by atoms with van der Waals surface area (Å²) in [5.74, 6) is 0.0467. The van der Waals surface area contributed by atoms with E-state index in [1.54, 1.807) is 4.90 Å². The summed E-state index contributed by atoms with van der Waals surface area (Å²) in [6, 6.07) is 5.42. The topological polar surface area (TPSA) is 83.4 Å². The summed E-state index contributed by atoms with van der Waals surface area (Å²) in [4.78, 5) is 18.4. The Kier molecular flexibility index (Phi) is 5.73. The summed E-state index contributed by atoms with van der Waals surface area (Å²) in [5.41, 5.74) is 6.99. The fourth-order valence-corrected chi connectivity index (χ4v) is 6.03. The number of amides is 1. The predicted octanol–water partition coefficient (Wildman–Crippen LogP) is 4.45. The molecular weight excluding hydrogens is 444 g/mol. The number of hydrogen-bond donors (Lipinski definition) is 2. The average Bonchev–Trinajstić information content (AvgIpc) is 3.34. The Morgan fingerprint density at radius 3 is 2.76 bits per heavy atom. The molecule has 1 aromatic carbocycles. The Bertz CT molecular complexity index is 1250. The van der Waals surface area contributed by atoms with Gasteiger partial charge in [-0.3, -0.25) is 4.79 Å². The number of nitrogens with zero attached hydrogens (tertiary/aromatic N) is 3. The highest BCUT2D eigenvalue weighted by molar-refractivity contribution is 6.76. The van der Waals surface area contributed by atoms with E-state index >= 15 is 0 Å². The summed E-state index contributed by atoms with van der Waals surface area (Å²) in [6.07, 6.45) is 5.14. The lowest BCUT2D eigenvalue weighted by molar-refractivity contribution is -0.122. The average molecular weight is 481 g/mol. The summed E-state index contributed by atoms with van der Waals surface area (Å²) in [6.45, 7) is 12.5. The number of H-pyrrole nitrogens is 1. The lowest BCUT2D eigenvalue weighted by atomic mass is 9.85. The lowest BCUT2D eigenvalue weighted by Crippen LogP contribution is -2.37. The number of carbonyl (C=O) groups is 1. The van der Waals surface area contributed by atoms with Gasteiger partial charge in [0, 0.05) is 44.0 Å². The molecule has 34 heavy (non-hydrogen) atoms. The molecule has 0 bridgehead atoms. The van der Waals surface area contributed by atoms with Crippen LogP contribution in [0.15, 0.2) is 18.3 Å². The number of aryl methyl sites for hydroxylation is 2. The Morgan fingerprint density at radius 2 is 2.03 bits per heavy atom. The fourth-order valence-electron chi connectivity index (χ4n) is 5.27. The second kappa shape index (κ2) is 8.36. The van der Waals surface area contributed by atoms with Crippen molar-refractivity contribution in [2.24, 2.45) is 0 Å². The fraction of sp³-hybridized carbons (Fsp3) is 0.538. The largest absolute Gasteiger partial charge is 0.395 e. The second-order valence-corrected chi connectivity index (χ2v) is 17.1. The molecule has 0 fully saturated rings. The van der Waals surface area contributed by atoms with Crippen LogP contribution in [0.2, 0.25) is 25.7 Å². The van der Waals surface area contributed by atoms with Crippen LogP contribution in [-0.2, 0) is 34.5 Å². The Hall–Kier alpha value is -2.42. The molecule has 182 valence electrons. The molecule has 1 amide bonds. The molecule has 0 atom stereocenters. The van der Waals surface area contributed by atoms with Crippen molar-refractivity contribution in [1.29, 1.82) is 0 Å². The van der Waals surface area contributed by atoms with Crippen LogP contribution in [-0.4, -0.2) is 53.6 Å². The van der Waals surface area contributed by atoms with E-state index in [2.05, 4.69) is 43.0 Å². The van der Waals surface area contributed by atoms with Crippen LogP contribution in [0.4, 0.5) is 5.69 Å². The van der Waals surface area contributed by atoms with Crippen LogP contribution in [0.1, 0.15) is 37.0 Å². The van der Waals surface area contributed by atoms with E-state index in [1.165, 1.54) is 11.1 Å².